The number of methoxy groups -OCH3 is 1. The second-order valence-corrected chi connectivity index (χ2v) is 11.1. The molecule has 0 spiro atoms. The minimum absolute atomic E-state index is 0.0148. The molecule has 1 aliphatic heterocycles. The molecule has 0 bridgehead atoms. The maximum atomic E-state index is 13.7. The molecule has 2 aromatic rings. The SMILES string of the molecule is CNCC(CC1CCC(F)(F)CC1)N1CCC[C@@H]([C@@](O)(CCCCOC)c2cccc3ccoc23)C1. The molecule has 1 aromatic heterocycles. The molecule has 1 unspecified atom stereocenters. The fraction of sp³-hybridized carbons (Fsp3) is 0.724. The first-order chi connectivity index (χ1) is 17.4. The molecule has 2 N–H and O–H groups in total. The minimum Gasteiger partial charge on any atom is -0.464 e. The Morgan fingerprint density at radius 3 is 2.78 bits per heavy atom. The van der Waals surface area contributed by atoms with Gasteiger partial charge in [0.15, 0.2) is 0 Å². The number of benzene rings is 1. The second-order valence-electron chi connectivity index (χ2n) is 11.1. The van der Waals surface area contributed by atoms with E-state index in [1.54, 1.807) is 13.4 Å². The molecular formula is C29H44F2N2O3. The third-order valence-corrected chi connectivity index (χ3v) is 8.63. The molecule has 4 rings (SSSR count). The fourth-order valence-corrected chi connectivity index (χ4v) is 6.58. The number of likely N-dealkylation sites (N-methyl/N-ethyl adjacent to an activating group) is 1. The molecule has 0 amide bonds. The Bertz CT molecular complexity index is 941. The predicted molar refractivity (Wildman–Crippen MR) is 139 cm³/mol. The summed E-state index contributed by atoms with van der Waals surface area (Å²) in [6, 6.07) is 8.29. The molecule has 5 nitrogen and oxygen atoms in total. The van der Waals surface area contributed by atoms with E-state index in [-0.39, 0.29) is 24.8 Å². The van der Waals surface area contributed by atoms with Gasteiger partial charge in [0, 0.05) is 62.6 Å². The topological polar surface area (TPSA) is 57.9 Å². The number of likely N-dealkylation sites (tertiary alicyclic amines) is 1. The van der Waals surface area contributed by atoms with E-state index in [9.17, 15) is 13.9 Å². The highest BCUT2D eigenvalue weighted by Crippen LogP contribution is 2.44. The first kappa shape index (κ1) is 27.5. The molecule has 1 saturated carbocycles. The number of unbranched alkanes of at least 4 members (excludes halogenated alkanes) is 1. The number of rotatable bonds is 12. The lowest BCUT2D eigenvalue weighted by Gasteiger charge is -2.46. The summed E-state index contributed by atoms with van der Waals surface area (Å²) >= 11 is 0. The molecule has 2 fully saturated rings. The molecule has 202 valence electrons. The molecule has 7 heteroatoms. The van der Waals surface area contributed by atoms with Gasteiger partial charge in [0.05, 0.1) is 11.9 Å². The number of halogens is 2. The number of aliphatic hydroxyl groups is 1. The van der Waals surface area contributed by atoms with Crippen molar-refractivity contribution < 1.29 is 23.0 Å². The summed E-state index contributed by atoms with van der Waals surface area (Å²) in [5.41, 5.74) is 0.661. The van der Waals surface area contributed by atoms with Gasteiger partial charge >= 0.3 is 0 Å². The van der Waals surface area contributed by atoms with Crippen LogP contribution in [0.5, 0.6) is 0 Å². The first-order valence-electron chi connectivity index (χ1n) is 13.8. The third kappa shape index (κ3) is 6.47. The quantitative estimate of drug-likeness (QED) is 0.348. The van der Waals surface area contributed by atoms with Crippen LogP contribution in [0.1, 0.15) is 69.8 Å². The summed E-state index contributed by atoms with van der Waals surface area (Å²) in [5, 5.41) is 16.8. The van der Waals surface area contributed by atoms with Gasteiger partial charge in [-0.2, -0.15) is 0 Å². The number of piperidine rings is 1. The highest BCUT2D eigenvalue weighted by molar-refractivity contribution is 5.81. The summed E-state index contributed by atoms with van der Waals surface area (Å²) < 4.78 is 38.6. The zero-order chi connectivity index (χ0) is 25.6. The first-order valence-corrected chi connectivity index (χ1v) is 13.8. The second kappa shape index (κ2) is 12.3. The third-order valence-electron chi connectivity index (χ3n) is 8.63. The number of nitrogens with zero attached hydrogens (tertiary/aromatic N) is 1. The lowest BCUT2D eigenvalue weighted by molar-refractivity contribution is -0.0718. The highest BCUT2D eigenvalue weighted by Gasteiger charge is 2.43. The number of fused-ring (bicyclic) bond motifs is 1. The van der Waals surface area contributed by atoms with Crippen LogP contribution in [-0.4, -0.2) is 62.4 Å². The van der Waals surface area contributed by atoms with Crippen molar-refractivity contribution in [1.29, 1.82) is 0 Å². The molecule has 1 saturated heterocycles. The summed E-state index contributed by atoms with van der Waals surface area (Å²) in [6.45, 7) is 3.30. The highest BCUT2D eigenvalue weighted by atomic mass is 19.3. The van der Waals surface area contributed by atoms with Crippen molar-refractivity contribution in [2.45, 2.75) is 81.8 Å². The average molecular weight is 507 g/mol. The Kier molecular flexibility index (Phi) is 9.42. The molecule has 2 aliphatic rings. The van der Waals surface area contributed by atoms with Crippen LogP contribution in [0.25, 0.3) is 11.0 Å². The Labute approximate surface area is 214 Å². The predicted octanol–water partition coefficient (Wildman–Crippen LogP) is 5.95. The number of para-hydroxylation sites is 1. The van der Waals surface area contributed by atoms with Gasteiger partial charge < -0.3 is 19.6 Å². The van der Waals surface area contributed by atoms with Crippen LogP contribution in [0, 0.1) is 11.8 Å². The Balaban J connectivity index is 1.53. The fourth-order valence-electron chi connectivity index (χ4n) is 6.58. The van der Waals surface area contributed by atoms with Crippen molar-refractivity contribution in [3.8, 4) is 0 Å². The standard InChI is InChI=1S/C29H44F2N2O3/c1-32-20-25(19-22-10-14-28(30,31)15-11-22)33-16-6-8-24(21-33)29(34,13-3-4-17-35-2)26-9-5-7-23-12-18-36-27(23)26/h5,7,9,12,18,22,24-25,32,34H,3-4,6,8,10-11,13-17,19-21H2,1-2H3/t24-,25?,29+/m1/s1. The number of hydrogen-bond donors (Lipinski definition) is 2. The van der Waals surface area contributed by atoms with Crippen LogP contribution in [0.4, 0.5) is 8.78 Å². The van der Waals surface area contributed by atoms with E-state index in [4.69, 9.17) is 9.15 Å². The van der Waals surface area contributed by atoms with Crippen molar-refractivity contribution in [3.05, 3.63) is 36.1 Å². The van der Waals surface area contributed by atoms with Crippen molar-refractivity contribution in [2.75, 3.05) is 40.4 Å². The Hall–Kier alpha value is -1.54. The Morgan fingerprint density at radius 1 is 1.22 bits per heavy atom. The smallest absolute Gasteiger partial charge is 0.248 e. The van der Waals surface area contributed by atoms with Gasteiger partial charge in [-0.25, -0.2) is 8.78 Å². The van der Waals surface area contributed by atoms with Gasteiger partial charge in [-0.1, -0.05) is 18.2 Å². The van der Waals surface area contributed by atoms with Crippen molar-refractivity contribution in [3.63, 3.8) is 0 Å². The number of furan rings is 1. The van der Waals surface area contributed by atoms with E-state index in [0.717, 1.165) is 68.3 Å². The van der Waals surface area contributed by atoms with Crippen LogP contribution in [0.2, 0.25) is 0 Å². The molecule has 3 atom stereocenters. The molecule has 0 radical (unpaired) electrons. The normalized spacial score (nSPS) is 24.1. The van der Waals surface area contributed by atoms with Crippen molar-refractivity contribution in [1.82, 2.24) is 10.2 Å². The van der Waals surface area contributed by atoms with Crippen LogP contribution < -0.4 is 5.32 Å². The number of ether oxygens (including phenoxy) is 1. The average Bonchev–Trinajstić information content (AvgIpc) is 3.36. The summed E-state index contributed by atoms with van der Waals surface area (Å²) in [6.07, 6.45) is 8.27. The molecule has 1 aliphatic carbocycles. The van der Waals surface area contributed by atoms with Crippen molar-refractivity contribution in [2.24, 2.45) is 11.8 Å². The summed E-state index contributed by atoms with van der Waals surface area (Å²) in [5.74, 6) is -2.08. The van der Waals surface area contributed by atoms with E-state index in [2.05, 4.69) is 10.2 Å². The molecular weight excluding hydrogens is 462 g/mol. The van der Waals surface area contributed by atoms with E-state index in [1.807, 2.05) is 31.3 Å². The van der Waals surface area contributed by atoms with E-state index >= 15 is 0 Å². The lowest BCUT2D eigenvalue weighted by Crippen LogP contribution is -2.52. The zero-order valence-electron chi connectivity index (χ0n) is 22.0. The van der Waals surface area contributed by atoms with Gasteiger partial charge in [0.1, 0.15) is 5.58 Å². The zero-order valence-corrected chi connectivity index (χ0v) is 22.0. The maximum absolute atomic E-state index is 13.7. The monoisotopic (exact) mass is 506 g/mol. The Morgan fingerprint density at radius 2 is 2.03 bits per heavy atom. The van der Waals surface area contributed by atoms with E-state index in [1.165, 1.54) is 0 Å². The van der Waals surface area contributed by atoms with Crippen LogP contribution >= 0.6 is 0 Å². The van der Waals surface area contributed by atoms with Gasteiger partial charge in [-0.3, -0.25) is 4.90 Å². The summed E-state index contributed by atoms with van der Waals surface area (Å²) in [7, 11) is 3.68. The largest absolute Gasteiger partial charge is 0.464 e. The van der Waals surface area contributed by atoms with Gasteiger partial charge in [-0.05, 0) is 76.9 Å². The number of alkyl halides is 2. The lowest BCUT2D eigenvalue weighted by atomic mass is 9.73. The summed E-state index contributed by atoms with van der Waals surface area (Å²) in [4.78, 5) is 2.51. The van der Waals surface area contributed by atoms with Crippen molar-refractivity contribution >= 4 is 11.0 Å². The minimum atomic E-state index is -2.49. The molecule has 36 heavy (non-hydrogen) atoms. The maximum Gasteiger partial charge on any atom is 0.248 e. The van der Waals surface area contributed by atoms with Gasteiger partial charge in [0.2, 0.25) is 5.92 Å². The number of nitrogens with one attached hydrogen (secondary N) is 1. The van der Waals surface area contributed by atoms with Crippen LogP contribution in [-0.2, 0) is 10.3 Å². The van der Waals surface area contributed by atoms with Crippen LogP contribution in [0.3, 0.4) is 0 Å². The van der Waals surface area contributed by atoms with Gasteiger partial charge in [0.25, 0.3) is 0 Å². The van der Waals surface area contributed by atoms with E-state index in [0.29, 0.717) is 31.8 Å². The van der Waals surface area contributed by atoms with Gasteiger partial charge in [-0.15, -0.1) is 0 Å². The van der Waals surface area contributed by atoms with Crippen LogP contribution in [0.15, 0.2) is 34.9 Å². The van der Waals surface area contributed by atoms with E-state index < -0.39 is 11.5 Å². The molecule has 2 heterocycles. The molecule has 1 aromatic carbocycles. The number of hydrogen-bond acceptors (Lipinski definition) is 5.